The van der Waals surface area contributed by atoms with Gasteiger partial charge in [0.25, 0.3) is 5.91 Å². The van der Waals surface area contributed by atoms with Crippen LogP contribution in [0.1, 0.15) is 27.7 Å². The smallest absolute Gasteiger partial charge is 0.351 e. The van der Waals surface area contributed by atoms with Gasteiger partial charge in [-0.3, -0.25) is 9.36 Å². The highest BCUT2D eigenvalue weighted by molar-refractivity contribution is 6.03. The molecule has 0 spiro atoms. The molecule has 2 heterocycles. The quantitative estimate of drug-likeness (QED) is 0.712. The van der Waals surface area contributed by atoms with Crippen LogP contribution in [-0.4, -0.2) is 50.4 Å². The molecule has 1 aromatic carbocycles. The Balaban J connectivity index is 1.82. The van der Waals surface area contributed by atoms with Crippen molar-refractivity contribution in [2.24, 2.45) is 0 Å². The fourth-order valence-electron chi connectivity index (χ4n) is 2.85. The molecule has 1 aliphatic rings. The molecule has 1 amide bonds. The predicted octanol–water partition coefficient (Wildman–Crippen LogP) is 0.998. The van der Waals surface area contributed by atoms with Crippen LogP contribution in [0, 0.1) is 13.8 Å². The van der Waals surface area contributed by atoms with Crippen molar-refractivity contribution in [1.29, 1.82) is 0 Å². The van der Waals surface area contributed by atoms with Crippen molar-refractivity contribution in [2.75, 3.05) is 11.9 Å². The highest BCUT2D eigenvalue weighted by Crippen LogP contribution is 2.41. The monoisotopic (exact) mass is 395 g/mol. The summed E-state index contributed by atoms with van der Waals surface area (Å²) in [5.74, 6) is -4.43. The summed E-state index contributed by atoms with van der Waals surface area (Å²) in [7, 11) is 0. The Morgan fingerprint density at radius 3 is 2.61 bits per heavy atom. The van der Waals surface area contributed by atoms with E-state index in [1.54, 1.807) is 18.2 Å². The Morgan fingerprint density at radius 1 is 1.32 bits per heavy atom. The topological polar surface area (TPSA) is 114 Å². The second-order valence-electron chi connectivity index (χ2n) is 6.58. The van der Waals surface area contributed by atoms with Gasteiger partial charge in [0.2, 0.25) is 6.23 Å². The van der Waals surface area contributed by atoms with Gasteiger partial charge in [-0.25, -0.2) is 4.79 Å². The minimum Gasteiger partial charge on any atom is -0.394 e. The van der Waals surface area contributed by atoms with E-state index in [2.05, 4.69) is 10.3 Å². The summed E-state index contributed by atoms with van der Waals surface area (Å²) in [5, 5.41) is 21.0. The Hall–Kier alpha value is -2.69. The van der Waals surface area contributed by atoms with Gasteiger partial charge in [-0.2, -0.15) is 13.8 Å². The number of hydrogen-bond donors (Lipinski definition) is 3. The maximum atomic E-state index is 14.2. The summed E-state index contributed by atoms with van der Waals surface area (Å²) in [5.41, 5.74) is 1.17. The van der Waals surface area contributed by atoms with Crippen LogP contribution >= 0.6 is 0 Å². The Morgan fingerprint density at radius 2 is 2.04 bits per heavy atom. The van der Waals surface area contributed by atoms with Crippen LogP contribution in [0.4, 0.5) is 14.6 Å². The average Bonchev–Trinajstić information content (AvgIpc) is 2.87. The van der Waals surface area contributed by atoms with E-state index in [9.17, 15) is 23.5 Å². The molecule has 28 heavy (non-hydrogen) atoms. The maximum Gasteiger partial charge on any atom is 0.351 e. The van der Waals surface area contributed by atoms with Gasteiger partial charge in [0.05, 0.1) is 6.61 Å². The molecule has 0 radical (unpaired) electrons. The largest absolute Gasteiger partial charge is 0.394 e. The molecule has 0 saturated carbocycles. The van der Waals surface area contributed by atoms with E-state index in [1.165, 1.54) is 6.07 Å². The van der Waals surface area contributed by atoms with Crippen molar-refractivity contribution < 1.29 is 28.5 Å². The SMILES string of the molecule is Cc1ccc(C(=O)Nc2ccn(C3O[C@H](CO)[C@@H](O)C3(F)F)c(=O)n2)cc1C. The molecule has 150 valence electrons. The zero-order chi connectivity index (χ0) is 20.6. The van der Waals surface area contributed by atoms with Crippen LogP contribution in [0.15, 0.2) is 35.3 Å². The normalized spacial score (nSPS) is 23.6. The van der Waals surface area contributed by atoms with E-state index in [1.807, 2.05) is 13.8 Å². The van der Waals surface area contributed by atoms with Crippen molar-refractivity contribution in [3.63, 3.8) is 0 Å². The zero-order valence-corrected chi connectivity index (χ0v) is 15.1. The Labute approximate surface area is 158 Å². The lowest BCUT2D eigenvalue weighted by molar-refractivity contribution is -0.140. The van der Waals surface area contributed by atoms with Gasteiger partial charge in [0.1, 0.15) is 11.9 Å². The molecule has 10 heteroatoms. The molecule has 2 aromatic rings. The van der Waals surface area contributed by atoms with Crippen molar-refractivity contribution in [1.82, 2.24) is 9.55 Å². The van der Waals surface area contributed by atoms with Crippen molar-refractivity contribution in [2.45, 2.75) is 38.2 Å². The average molecular weight is 395 g/mol. The number of carbonyl (C=O) groups excluding carboxylic acids is 1. The molecule has 8 nitrogen and oxygen atoms in total. The second-order valence-corrected chi connectivity index (χ2v) is 6.58. The van der Waals surface area contributed by atoms with Crippen LogP contribution in [0.3, 0.4) is 0 Å². The van der Waals surface area contributed by atoms with Crippen LogP contribution in [0.5, 0.6) is 0 Å². The molecule has 1 aromatic heterocycles. The summed E-state index contributed by atoms with van der Waals surface area (Å²) in [6, 6.07) is 6.23. The number of benzene rings is 1. The molecule has 0 aliphatic carbocycles. The van der Waals surface area contributed by atoms with Gasteiger partial charge >= 0.3 is 11.6 Å². The van der Waals surface area contributed by atoms with E-state index in [0.717, 1.165) is 17.3 Å². The summed E-state index contributed by atoms with van der Waals surface area (Å²) < 4.78 is 33.7. The first-order valence-electron chi connectivity index (χ1n) is 8.45. The van der Waals surface area contributed by atoms with Crippen molar-refractivity contribution in [3.8, 4) is 0 Å². The number of hydrogen-bond acceptors (Lipinski definition) is 6. The number of ether oxygens (including phenoxy) is 1. The first-order valence-corrected chi connectivity index (χ1v) is 8.45. The number of anilines is 1. The third kappa shape index (κ3) is 3.53. The number of carbonyl (C=O) groups is 1. The lowest BCUT2D eigenvalue weighted by Crippen LogP contribution is -2.41. The second kappa shape index (κ2) is 7.38. The number of aliphatic hydroxyl groups excluding tert-OH is 2. The van der Waals surface area contributed by atoms with Gasteiger partial charge in [-0.05, 0) is 43.2 Å². The summed E-state index contributed by atoms with van der Waals surface area (Å²) in [4.78, 5) is 28.1. The summed E-state index contributed by atoms with van der Waals surface area (Å²) >= 11 is 0. The van der Waals surface area contributed by atoms with Crippen LogP contribution in [-0.2, 0) is 4.74 Å². The number of amides is 1. The van der Waals surface area contributed by atoms with Crippen LogP contribution < -0.4 is 11.0 Å². The van der Waals surface area contributed by atoms with E-state index in [-0.39, 0.29) is 5.82 Å². The number of nitrogens with one attached hydrogen (secondary N) is 1. The number of aromatic nitrogens is 2. The fourth-order valence-corrected chi connectivity index (χ4v) is 2.85. The van der Waals surface area contributed by atoms with E-state index >= 15 is 0 Å². The predicted molar refractivity (Wildman–Crippen MR) is 94.3 cm³/mol. The van der Waals surface area contributed by atoms with Gasteiger partial charge in [-0.15, -0.1) is 0 Å². The van der Waals surface area contributed by atoms with Gasteiger partial charge in [0.15, 0.2) is 6.10 Å². The lowest BCUT2D eigenvalue weighted by Gasteiger charge is -2.21. The molecule has 1 saturated heterocycles. The Bertz CT molecular complexity index is 962. The summed E-state index contributed by atoms with van der Waals surface area (Å²) in [6.45, 7) is 2.91. The number of rotatable bonds is 4. The maximum absolute atomic E-state index is 14.2. The van der Waals surface area contributed by atoms with E-state index < -0.39 is 42.6 Å². The molecule has 3 atom stereocenters. The first kappa shape index (κ1) is 20.1. The third-order valence-corrected chi connectivity index (χ3v) is 4.65. The minimum atomic E-state index is -3.80. The first-order chi connectivity index (χ1) is 13.1. The van der Waals surface area contributed by atoms with E-state index in [4.69, 9.17) is 9.84 Å². The Kier molecular flexibility index (Phi) is 5.28. The van der Waals surface area contributed by atoms with Gasteiger partial charge < -0.3 is 20.3 Å². The van der Waals surface area contributed by atoms with Crippen LogP contribution in [0.2, 0.25) is 0 Å². The number of nitrogens with zero attached hydrogens (tertiary/aromatic N) is 2. The fraction of sp³-hybridized carbons (Fsp3) is 0.389. The number of halogens is 2. The highest BCUT2D eigenvalue weighted by Gasteiger charge is 2.59. The number of aryl methyl sites for hydroxylation is 2. The van der Waals surface area contributed by atoms with Gasteiger partial charge in [-0.1, -0.05) is 6.07 Å². The number of alkyl halides is 2. The molecule has 0 bridgehead atoms. The molecular formula is C18H19F2N3O5. The van der Waals surface area contributed by atoms with Crippen LogP contribution in [0.25, 0.3) is 0 Å². The zero-order valence-electron chi connectivity index (χ0n) is 15.1. The molecule has 3 N–H and O–H groups in total. The molecular weight excluding hydrogens is 376 g/mol. The lowest BCUT2D eigenvalue weighted by atomic mass is 10.1. The highest BCUT2D eigenvalue weighted by atomic mass is 19.3. The molecule has 1 aliphatic heterocycles. The van der Waals surface area contributed by atoms with Gasteiger partial charge in [0, 0.05) is 11.8 Å². The molecule has 1 unspecified atom stereocenters. The molecule has 3 rings (SSSR count). The minimum absolute atomic E-state index is 0.120. The number of aliphatic hydroxyl groups is 2. The van der Waals surface area contributed by atoms with Crippen molar-refractivity contribution >= 4 is 11.7 Å². The molecule has 1 fully saturated rings. The van der Waals surface area contributed by atoms with E-state index in [0.29, 0.717) is 10.1 Å². The summed E-state index contributed by atoms with van der Waals surface area (Å²) in [6.07, 6.45) is -4.94. The third-order valence-electron chi connectivity index (χ3n) is 4.65. The standard InChI is InChI=1S/C18H19F2N3O5/c1-9-3-4-11(7-10(9)2)15(26)21-13-5-6-23(17(27)22-13)16-18(19,20)14(25)12(8-24)28-16/h3-7,12,14,16,24-25H,8H2,1-2H3,(H,21,22,26,27)/t12-,14-,16?/m1/s1. The van der Waals surface area contributed by atoms with Crippen molar-refractivity contribution in [3.05, 3.63) is 57.6 Å².